The number of nitrogens with zero attached hydrogens (tertiary/aromatic N) is 4. The molecule has 0 atom stereocenters. The standard InChI is InChI=1S/C38H22N4O/c1-2-10-23(11-3-1)36-40-37(30-21-26-14-6-7-15-27(26)28-16-8-9-17-29(28)30)42-38(41-36)35-34-31-20-24-12-4-5-13-25(24)22-33(31)43-32(34)18-19-39-35/h1-22H. The molecule has 9 aromatic rings. The van der Waals surface area contributed by atoms with Gasteiger partial charge in [0.15, 0.2) is 17.5 Å². The van der Waals surface area contributed by atoms with Crippen molar-refractivity contribution in [3.05, 3.63) is 134 Å². The number of fused-ring (bicyclic) bond motifs is 7. The van der Waals surface area contributed by atoms with E-state index in [-0.39, 0.29) is 0 Å². The van der Waals surface area contributed by atoms with E-state index in [1.165, 1.54) is 5.39 Å². The summed E-state index contributed by atoms with van der Waals surface area (Å²) in [5, 5.41) is 8.71. The third-order valence-corrected chi connectivity index (χ3v) is 8.14. The highest BCUT2D eigenvalue weighted by Gasteiger charge is 2.20. The second kappa shape index (κ2) is 9.29. The zero-order valence-electron chi connectivity index (χ0n) is 22.9. The van der Waals surface area contributed by atoms with Gasteiger partial charge >= 0.3 is 0 Å². The Morgan fingerprint density at radius 3 is 1.93 bits per heavy atom. The van der Waals surface area contributed by atoms with Gasteiger partial charge in [-0.15, -0.1) is 0 Å². The molecule has 0 aliphatic carbocycles. The van der Waals surface area contributed by atoms with Crippen LogP contribution in [0.25, 0.3) is 88.5 Å². The fourth-order valence-electron chi connectivity index (χ4n) is 6.13. The molecule has 0 saturated heterocycles. The van der Waals surface area contributed by atoms with Crippen molar-refractivity contribution in [1.29, 1.82) is 0 Å². The van der Waals surface area contributed by atoms with Gasteiger partial charge in [-0.3, -0.25) is 4.98 Å². The monoisotopic (exact) mass is 550 g/mol. The van der Waals surface area contributed by atoms with Crippen molar-refractivity contribution in [3.8, 4) is 34.3 Å². The largest absolute Gasteiger partial charge is 0.456 e. The summed E-state index contributed by atoms with van der Waals surface area (Å²) in [6.45, 7) is 0. The number of hydrogen-bond donors (Lipinski definition) is 0. The van der Waals surface area contributed by atoms with Crippen LogP contribution in [0.1, 0.15) is 0 Å². The molecule has 9 rings (SSSR count). The number of benzene rings is 6. The molecule has 0 spiro atoms. The zero-order valence-corrected chi connectivity index (χ0v) is 22.9. The topological polar surface area (TPSA) is 64.7 Å². The molecule has 200 valence electrons. The van der Waals surface area contributed by atoms with Crippen LogP contribution in [-0.4, -0.2) is 19.9 Å². The Labute approximate surface area is 246 Å². The maximum absolute atomic E-state index is 6.35. The van der Waals surface area contributed by atoms with Crippen molar-refractivity contribution in [1.82, 2.24) is 19.9 Å². The van der Waals surface area contributed by atoms with Crippen molar-refractivity contribution in [2.75, 3.05) is 0 Å². The van der Waals surface area contributed by atoms with Crippen LogP contribution in [0.15, 0.2) is 138 Å². The van der Waals surface area contributed by atoms with Gasteiger partial charge in [-0.1, -0.05) is 103 Å². The normalized spacial score (nSPS) is 11.7. The van der Waals surface area contributed by atoms with E-state index in [4.69, 9.17) is 24.4 Å². The zero-order chi connectivity index (χ0) is 28.3. The van der Waals surface area contributed by atoms with Gasteiger partial charge in [0.1, 0.15) is 16.9 Å². The van der Waals surface area contributed by atoms with Gasteiger partial charge < -0.3 is 4.42 Å². The van der Waals surface area contributed by atoms with Gasteiger partial charge in [0.25, 0.3) is 0 Å². The Kier molecular flexibility index (Phi) is 5.13. The molecule has 0 aliphatic rings. The maximum atomic E-state index is 6.35. The highest BCUT2D eigenvalue weighted by atomic mass is 16.3. The molecule has 0 N–H and O–H groups in total. The lowest BCUT2D eigenvalue weighted by Crippen LogP contribution is -2.02. The lowest BCUT2D eigenvalue weighted by molar-refractivity contribution is 0.669. The fraction of sp³-hybridized carbons (Fsp3) is 0. The molecular formula is C38H22N4O. The van der Waals surface area contributed by atoms with E-state index in [0.29, 0.717) is 23.2 Å². The molecular weight excluding hydrogens is 528 g/mol. The highest BCUT2D eigenvalue weighted by Crippen LogP contribution is 2.38. The first-order valence-electron chi connectivity index (χ1n) is 14.2. The van der Waals surface area contributed by atoms with Crippen LogP contribution in [-0.2, 0) is 0 Å². The average Bonchev–Trinajstić information content (AvgIpc) is 3.44. The predicted octanol–water partition coefficient (Wildman–Crippen LogP) is 9.63. The van der Waals surface area contributed by atoms with E-state index in [1.807, 2.05) is 48.5 Å². The summed E-state index contributed by atoms with van der Waals surface area (Å²) in [6, 6.07) is 43.5. The number of hydrogen-bond acceptors (Lipinski definition) is 5. The molecule has 0 fully saturated rings. The smallest absolute Gasteiger partial charge is 0.183 e. The van der Waals surface area contributed by atoms with E-state index in [0.717, 1.165) is 60.0 Å². The number of rotatable bonds is 3. The molecule has 5 heteroatoms. The van der Waals surface area contributed by atoms with Crippen LogP contribution in [0, 0.1) is 0 Å². The summed E-state index contributed by atoms with van der Waals surface area (Å²) in [5.74, 6) is 1.69. The first kappa shape index (κ1) is 23.7. The number of aromatic nitrogens is 4. The Hall–Kier alpha value is -5.94. The number of pyridine rings is 1. The molecule has 0 bridgehead atoms. The van der Waals surface area contributed by atoms with E-state index < -0.39 is 0 Å². The third kappa shape index (κ3) is 3.79. The van der Waals surface area contributed by atoms with Gasteiger partial charge in [-0.2, -0.15) is 0 Å². The van der Waals surface area contributed by atoms with Gasteiger partial charge in [0.2, 0.25) is 0 Å². The summed E-state index contributed by atoms with van der Waals surface area (Å²) >= 11 is 0. The van der Waals surface area contributed by atoms with Crippen LogP contribution in [0.2, 0.25) is 0 Å². The molecule has 0 radical (unpaired) electrons. The van der Waals surface area contributed by atoms with E-state index in [2.05, 4.69) is 78.9 Å². The SMILES string of the molecule is c1ccc(-c2nc(-c3cc4ccccc4c4ccccc34)nc(-c3nccc4oc5cc6ccccc6cc5c34)n2)cc1. The molecule has 0 aliphatic heterocycles. The Morgan fingerprint density at radius 2 is 1.09 bits per heavy atom. The third-order valence-electron chi connectivity index (χ3n) is 8.14. The van der Waals surface area contributed by atoms with Crippen LogP contribution in [0.4, 0.5) is 0 Å². The summed E-state index contributed by atoms with van der Waals surface area (Å²) in [7, 11) is 0. The molecule has 43 heavy (non-hydrogen) atoms. The molecule has 0 unspecified atom stereocenters. The highest BCUT2D eigenvalue weighted by molar-refractivity contribution is 6.15. The molecule has 3 heterocycles. The van der Waals surface area contributed by atoms with Gasteiger partial charge in [-0.05, 0) is 56.6 Å². The quantitative estimate of drug-likeness (QED) is 0.205. The minimum atomic E-state index is 0.502. The first-order valence-corrected chi connectivity index (χ1v) is 14.2. The summed E-state index contributed by atoms with van der Waals surface area (Å²) in [5.41, 5.74) is 4.08. The van der Waals surface area contributed by atoms with Crippen LogP contribution < -0.4 is 0 Å². The van der Waals surface area contributed by atoms with Gasteiger partial charge in [0, 0.05) is 22.7 Å². The minimum absolute atomic E-state index is 0.502. The van der Waals surface area contributed by atoms with Crippen molar-refractivity contribution >= 4 is 54.3 Å². The van der Waals surface area contributed by atoms with Crippen LogP contribution in [0.5, 0.6) is 0 Å². The lowest BCUT2D eigenvalue weighted by atomic mass is 9.97. The Bertz CT molecular complexity index is 2520. The minimum Gasteiger partial charge on any atom is -0.456 e. The Morgan fingerprint density at radius 1 is 0.442 bits per heavy atom. The predicted molar refractivity (Wildman–Crippen MR) is 174 cm³/mol. The number of furan rings is 1. The molecule has 0 amide bonds. The van der Waals surface area contributed by atoms with Crippen LogP contribution in [0.3, 0.4) is 0 Å². The summed E-state index contributed by atoms with van der Waals surface area (Å²) in [6.07, 6.45) is 1.76. The first-order chi connectivity index (χ1) is 21.3. The van der Waals surface area contributed by atoms with Crippen molar-refractivity contribution in [2.24, 2.45) is 0 Å². The summed E-state index contributed by atoms with van der Waals surface area (Å²) in [4.78, 5) is 20.0. The van der Waals surface area contributed by atoms with E-state index in [9.17, 15) is 0 Å². The second-order valence-corrected chi connectivity index (χ2v) is 10.7. The average molecular weight is 551 g/mol. The molecule has 6 aromatic carbocycles. The molecule has 0 saturated carbocycles. The Balaban J connectivity index is 1.36. The fourth-order valence-corrected chi connectivity index (χ4v) is 6.13. The van der Waals surface area contributed by atoms with Gasteiger partial charge in [0.05, 0.1) is 5.39 Å². The van der Waals surface area contributed by atoms with Gasteiger partial charge in [-0.25, -0.2) is 15.0 Å². The van der Waals surface area contributed by atoms with Crippen molar-refractivity contribution in [2.45, 2.75) is 0 Å². The second-order valence-electron chi connectivity index (χ2n) is 10.7. The van der Waals surface area contributed by atoms with Crippen LogP contribution >= 0.6 is 0 Å². The van der Waals surface area contributed by atoms with Crippen molar-refractivity contribution in [3.63, 3.8) is 0 Å². The van der Waals surface area contributed by atoms with E-state index >= 15 is 0 Å². The molecule has 3 aromatic heterocycles. The molecule has 5 nitrogen and oxygen atoms in total. The lowest BCUT2D eigenvalue weighted by Gasteiger charge is -2.12. The maximum Gasteiger partial charge on any atom is 0.183 e. The summed E-state index contributed by atoms with van der Waals surface area (Å²) < 4.78 is 6.35. The van der Waals surface area contributed by atoms with E-state index in [1.54, 1.807) is 6.20 Å². The van der Waals surface area contributed by atoms with Crippen molar-refractivity contribution < 1.29 is 4.42 Å².